The Labute approximate surface area is 178 Å². The molecule has 0 radical (unpaired) electrons. The summed E-state index contributed by atoms with van der Waals surface area (Å²) < 4.78 is 25.7. The molecule has 0 aliphatic carbocycles. The number of anilines is 1. The Hall–Kier alpha value is -1.86. The van der Waals surface area contributed by atoms with E-state index in [9.17, 15) is 30.0 Å². The van der Waals surface area contributed by atoms with Crippen molar-refractivity contribution >= 4 is 24.6 Å². The van der Waals surface area contributed by atoms with Crippen molar-refractivity contribution in [2.24, 2.45) is 0 Å². The van der Waals surface area contributed by atoms with Gasteiger partial charge >= 0.3 is 7.60 Å². The molecule has 2 aromatic rings. The van der Waals surface area contributed by atoms with Gasteiger partial charge in [-0.1, -0.05) is 16.6 Å². The zero-order valence-electron chi connectivity index (χ0n) is 17.7. The maximum atomic E-state index is 12.5. The van der Waals surface area contributed by atoms with Gasteiger partial charge in [-0.05, 0) is 27.2 Å². The maximum Gasteiger partial charge on any atom is 0.359 e. The van der Waals surface area contributed by atoms with Crippen LogP contribution < -0.4 is 10.5 Å². The molecule has 174 valence electrons. The number of nitrogens with two attached hydrogens (primary N) is 1. The number of hydrogen-bond donors (Lipinski definition) is 6. The highest BCUT2D eigenvalue weighted by Crippen LogP contribution is 2.58. The summed E-state index contributed by atoms with van der Waals surface area (Å²) >= 11 is 0. The molecule has 1 aliphatic heterocycles. The predicted molar refractivity (Wildman–Crippen MR) is 106 cm³/mol. The first-order chi connectivity index (χ1) is 14.2. The third-order valence-corrected chi connectivity index (χ3v) is 7.78. The number of aliphatic hydroxyl groups is 3. The molecule has 1 fully saturated rings. The quantitative estimate of drug-likeness (QED) is 0.179. The lowest BCUT2D eigenvalue weighted by atomic mass is 9.97. The van der Waals surface area contributed by atoms with Crippen molar-refractivity contribution in [2.45, 2.75) is 76.0 Å². The van der Waals surface area contributed by atoms with Gasteiger partial charge in [0.15, 0.2) is 11.6 Å². The van der Waals surface area contributed by atoms with E-state index < -0.39 is 43.1 Å². The molecule has 0 bridgehead atoms. The van der Waals surface area contributed by atoms with E-state index in [0.717, 1.165) is 6.33 Å². The van der Waals surface area contributed by atoms with Crippen molar-refractivity contribution in [3.8, 4) is 0 Å². The fraction of sp³-hybridized carbons (Fsp3) is 0.706. The van der Waals surface area contributed by atoms with Crippen LogP contribution in [0, 0.1) is 0 Å². The molecule has 13 nitrogen and oxygen atoms in total. The Bertz CT molecular complexity index is 1010. The van der Waals surface area contributed by atoms with Crippen LogP contribution in [0.3, 0.4) is 0 Å². The first-order valence-electron chi connectivity index (χ1n) is 9.70. The molecule has 3 heterocycles. The SMILES string of the molecule is CCC(C)(O)P(=O)(O)OC(C)(C)C[C@H]1O[C@@H](n2cnc3c(N)[n+](O)cnc32)[C@H](O)[C@@H]1O. The minimum absolute atomic E-state index is 0.00211. The molecule has 6 atom stereocenters. The van der Waals surface area contributed by atoms with Crippen LogP contribution in [0.25, 0.3) is 11.2 Å². The summed E-state index contributed by atoms with van der Waals surface area (Å²) in [5, 5.41) is 38.9. The number of fused-ring (bicyclic) bond motifs is 1. The number of hydrogen-bond acceptors (Lipinski definition) is 10. The van der Waals surface area contributed by atoms with Gasteiger partial charge in [-0.25, -0.2) is 4.98 Å². The summed E-state index contributed by atoms with van der Waals surface area (Å²) in [4.78, 5) is 18.3. The molecule has 1 aliphatic rings. The Kier molecular flexibility index (Phi) is 6.08. The zero-order valence-corrected chi connectivity index (χ0v) is 18.5. The van der Waals surface area contributed by atoms with Crippen LogP contribution in [0.5, 0.6) is 0 Å². The van der Waals surface area contributed by atoms with Crippen LogP contribution in [0.1, 0.15) is 46.8 Å². The van der Waals surface area contributed by atoms with Crippen LogP contribution in [0.4, 0.5) is 5.82 Å². The third kappa shape index (κ3) is 4.27. The van der Waals surface area contributed by atoms with Gasteiger partial charge in [0, 0.05) is 6.42 Å². The molecule has 0 aromatic carbocycles. The summed E-state index contributed by atoms with van der Waals surface area (Å²) in [6, 6.07) is 0. The molecule has 0 saturated carbocycles. The molecule has 0 amide bonds. The van der Waals surface area contributed by atoms with Crippen molar-refractivity contribution < 1.29 is 44.0 Å². The van der Waals surface area contributed by atoms with Crippen LogP contribution >= 0.6 is 7.60 Å². The second-order valence-electron chi connectivity index (χ2n) is 8.49. The Balaban J connectivity index is 1.81. The number of nitrogens with zero attached hydrogens (tertiary/aromatic N) is 4. The topological polar surface area (TPSA) is 197 Å². The Morgan fingerprint density at radius 2 is 1.97 bits per heavy atom. The Morgan fingerprint density at radius 3 is 2.58 bits per heavy atom. The minimum Gasteiger partial charge on any atom is -0.388 e. The van der Waals surface area contributed by atoms with Crippen molar-refractivity contribution in [3.63, 3.8) is 0 Å². The van der Waals surface area contributed by atoms with Gasteiger partial charge in [-0.15, -0.1) is 0 Å². The van der Waals surface area contributed by atoms with Crippen molar-refractivity contribution in [2.75, 3.05) is 5.73 Å². The van der Waals surface area contributed by atoms with Gasteiger partial charge in [0.1, 0.15) is 18.5 Å². The van der Waals surface area contributed by atoms with Crippen LogP contribution in [-0.2, 0) is 13.8 Å². The molecule has 3 rings (SSSR count). The lowest BCUT2D eigenvalue weighted by Crippen LogP contribution is -2.38. The maximum absolute atomic E-state index is 12.5. The summed E-state index contributed by atoms with van der Waals surface area (Å²) in [5.74, 6) is -0.0652. The number of imidazole rings is 1. The average Bonchev–Trinajstić information content (AvgIpc) is 3.20. The second-order valence-corrected chi connectivity index (χ2v) is 10.7. The molecular weight excluding hydrogens is 433 g/mol. The van der Waals surface area contributed by atoms with Gasteiger partial charge in [0.25, 0.3) is 12.1 Å². The minimum atomic E-state index is -4.42. The fourth-order valence-corrected chi connectivity index (χ4v) is 4.75. The van der Waals surface area contributed by atoms with E-state index in [0.29, 0.717) is 4.73 Å². The van der Waals surface area contributed by atoms with E-state index in [1.165, 1.54) is 31.7 Å². The lowest BCUT2D eigenvalue weighted by molar-refractivity contribution is -0.894. The molecule has 2 unspecified atom stereocenters. The number of aromatic nitrogens is 4. The number of aliphatic hydroxyl groups excluding tert-OH is 2. The van der Waals surface area contributed by atoms with Gasteiger partial charge < -0.3 is 40.4 Å². The predicted octanol–water partition coefficient (Wildman–Crippen LogP) is -0.353. The van der Waals surface area contributed by atoms with Crippen molar-refractivity contribution in [1.29, 1.82) is 0 Å². The number of rotatable bonds is 7. The molecule has 14 heteroatoms. The van der Waals surface area contributed by atoms with Crippen LogP contribution in [-0.4, -0.2) is 69.2 Å². The summed E-state index contributed by atoms with van der Waals surface area (Å²) in [6.45, 7) is 5.81. The number of nitrogen functional groups attached to an aromatic ring is 1. The fourth-order valence-electron chi connectivity index (χ4n) is 3.41. The van der Waals surface area contributed by atoms with Crippen molar-refractivity contribution in [1.82, 2.24) is 14.5 Å². The molecule has 1 saturated heterocycles. The molecule has 31 heavy (non-hydrogen) atoms. The number of ether oxygens (including phenoxy) is 1. The molecule has 2 aromatic heterocycles. The lowest BCUT2D eigenvalue weighted by Gasteiger charge is -2.35. The normalized spacial score (nSPS) is 28.5. The smallest absolute Gasteiger partial charge is 0.359 e. The van der Waals surface area contributed by atoms with Crippen LogP contribution in [0.2, 0.25) is 0 Å². The van der Waals surface area contributed by atoms with E-state index >= 15 is 0 Å². The van der Waals surface area contributed by atoms with E-state index in [1.54, 1.807) is 6.92 Å². The van der Waals surface area contributed by atoms with Gasteiger partial charge in [-0.2, -0.15) is 0 Å². The highest BCUT2D eigenvalue weighted by Gasteiger charge is 2.50. The van der Waals surface area contributed by atoms with E-state index in [1.807, 2.05) is 0 Å². The molecular formula is C17H29N5O8P+. The summed E-state index contributed by atoms with van der Waals surface area (Å²) in [5.41, 5.74) is 4.87. The van der Waals surface area contributed by atoms with Crippen molar-refractivity contribution in [3.05, 3.63) is 12.7 Å². The molecule has 7 N–H and O–H groups in total. The summed E-state index contributed by atoms with van der Waals surface area (Å²) in [7, 11) is -4.42. The zero-order chi connectivity index (χ0) is 23.4. The average molecular weight is 462 g/mol. The van der Waals surface area contributed by atoms with E-state index in [4.69, 9.17) is 15.0 Å². The van der Waals surface area contributed by atoms with E-state index in [-0.39, 0.29) is 29.8 Å². The highest BCUT2D eigenvalue weighted by molar-refractivity contribution is 7.54. The first-order valence-corrected chi connectivity index (χ1v) is 11.3. The highest BCUT2D eigenvalue weighted by atomic mass is 31.2. The van der Waals surface area contributed by atoms with Crippen LogP contribution in [0.15, 0.2) is 12.7 Å². The first kappa shape index (κ1) is 23.8. The Morgan fingerprint density at radius 1 is 1.32 bits per heavy atom. The van der Waals surface area contributed by atoms with Gasteiger partial charge in [0.05, 0.1) is 11.7 Å². The van der Waals surface area contributed by atoms with E-state index in [2.05, 4.69) is 9.97 Å². The third-order valence-electron chi connectivity index (χ3n) is 5.50. The second kappa shape index (κ2) is 7.93. The standard InChI is InChI=1S/C17H28N5O8P/c1-5-17(4,25)31(27,28)30-16(2,3)6-9-11(23)12(24)15(29-9)21-7-19-10-13(18)22(26)8-20-14(10)21/h7-9,11-12,15,18,23-26H,5-6H2,1-4H3,(H,27,28)/p+1/t9-,11-,12-,15-,17?/m1/s1. The molecule has 0 spiro atoms. The van der Waals surface area contributed by atoms with Gasteiger partial charge in [0.2, 0.25) is 11.2 Å². The monoisotopic (exact) mass is 462 g/mol. The summed E-state index contributed by atoms with van der Waals surface area (Å²) in [6.07, 6.45) is -2.48. The van der Waals surface area contributed by atoms with Gasteiger partial charge in [-0.3, -0.25) is 9.13 Å². The largest absolute Gasteiger partial charge is 0.388 e.